The Bertz CT molecular complexity index is 397. The van der Waals surface area contributed by atoms with Gasteiger partial charge in [0.2, 0.25) is 5.96 Å². The highest BCUT2D eigenvalue weighted by molar-refractivity contribution is 5.81. The van der Waals surface area contributed by atoms with Gasteiger partial charge in [0.1, 0.15) is 5.75 Å². The first-order chi connectivity index (χ1) is 8.72. The van der Waals surface area contributed by atoms with Gasteiger partial charge in [-0.25, -0.2) is 0 Å². The number of nitrogens with zero attached hydrogens (tertiary/aromatic N) is 2. The number of hydrogen-bond donors (Lipinski definition) is 2. The van der Waals surface area contributed by atoms with Gasteiger partial charge in [-0.05, 0) is 29.8 Å². The van der Waals surface area contributed by atoms with E-state index >= 15 is 0 Å². The Morgan fingerprint density at radius 1 is 1.22 bits per heavy atom. The standard InChI is InChI=1S/C12H18N4O2/c1-17-7-2-8-18-11-5-3-10(4-6-11)9-15-16-12(13)14/h3-6,9H,2,7-8H2,1H3,(H4,13,14,16). The summed E-state index contributed by atoms with van der Waals surface area (Å²) in [5.74, 6) is 0.745. The van der Waals surface area contributed by atoms with Gasteiger partial charge in [-0.1, -0.05) is 0 Å². The quantitative estimate of drug-likeness (QED) is 0.322. The van der Waals surface area contributed by atoms with Crippen molar-refractivity contribution in [2.45, 2.75) is 6.42 Å². The fourth-order valence-electron chi connectivity index (χ4n) is 1.21. The molecule has 4 N–H and O–H groups in total. The number of methoxy groups -OCH3 is 1. The lowest BCUT2D eigenvalue weighted by Gasteiger charge is -2.05. The summed E-state index contributed by atoms with van der Waals surface area (Å²) < 4.78 is 10.4. The Hall–Kier alpha value is -2.08. The molecule has 0 aliphatic heterocycles. The third-order valence-corrected chi connectivity index (χ3v) is 2.02. The van der Waals surface area contributed by atoms with Gasteiger partial charge >= 0.3 is 0 Å². The molecular weight excluding hydrogens is 232 g/mol. The molecular formula is C12H18N4O2. The number of guanidine groups is 1. The average Bonchev–Trinajstić information content (AvgIpc) is 2.36. The summed E-state index contributed by atoms with van der Waals surface area (Å²) in [6.45, 7) is 1.33. The van der Waals surface area contributed by atoms with Crippen LogP contribution in [0.4, 0.5) is 0 Å². The average molecular weight is 250 g/mol. The molecule has 0 bridgehead atoms. The van der Waals surface area contributed by atoms with Gasteiger partial charge in [0.25, 0.3) is 0 Å². The maximum atomic E-state index is 5.51. The SMILES string of the molecule is COCCCOc1ccc(C=NN=C(N)N)cc1. The van der Waals surface area contributed by atoms with Crippen LogP contribution in [0.1, 0.15) is 12.0 Å². The van der Waals surface area contributed by atoms with E-state index in [1.165, 1.54) is 0 Å². The van der Waals surface area contributed by atoms with Crippen LogP contribution in [0.3, 0.4) is 0 Å². The number of rotatable bonds is 7. The molecule has 0 spiro atoms. The van der Waals surface area contributed by atoms with Gasteiger partial charge in [-0.15, -0.1) is 5.10 Å². The summed E-state index contributed by atoms with van der Waals surface area (Å²) in [5, 5.41) is 7.22. The monoisotopic (exact) mass is 250 g/mol. The molecule has 0 saturated heterocycles. The van der Waals surface area contributed by atoms with E-state index in [-0.39, 0.29) is 5.96 Å². The number of nitrogens with two attached hydrogens (primary N) is 2. The first-order valence-electron chi connectivity index (χ1n) is 5.56. The van der Waals surface area contributed by atoms with Crippen LogP contribution < -0.4 is 16.2 Å². The van der Waals surface area contributed by atoms with E-state index in [0.717, 1.165) is 17.7 Å². The van der Waals surface area contributed by atoms with Crippen LogP contribution >= 0.6 is 0 Å². The predicted octanol–water partition coefficient (Wildman–Crippen LogP) is 0.709. The Morgan fingerprint density at radius 2 is 1.94 bits per heavy atom. The largest absolute Gasteiger partial charge is 0.494 e. The van der Waals surface area contributed by atoms with E-state index in [4.69, 9.17) is 20.9 Å². The van der Waals surface area contributed by atoms with Crippen molar-refractivity contribution in [2.24, 2.45) is 21.7 Å². The van der Waals surface area contributed by atoms with Crippen LogP contribution in [0, 0.1) is 0 Å². The fraction of sp³-hybridized carbons (Fsp3) is 0.333. The molecule has 0 aromatic heterocycles. The zero-order chi connectivity index (χ0) is 13.2. The lowest BCUT2D eigenvalue weighted by molar-refractivity contribution is 0.172. The molecule has 0 fully saturated rings. The first kappa shape index (κ1) is 14.0. The van der Waals surface area contributed by atoms with Crippen molar-refractivity contribution in [1.29, 1.82) is 0 Å². The van der Waals surface area contributed by atoms with Crippen LogP contribution in [0.5, 0.6) is 5.75 Å². The molecule has 6 heteroatoms. The molecule has 0 unspecified atom stereocenters. The predicted molar refractivity (Wildman–Crippen MR) is 71.8 cm³/mol. The van der Waals surface area contributed by atoms with Crippen molar-refractivity contribution in [3.63, 3.8) is 0 Å². The minimum Gasteiger partial charge on any atom is -0.494 e. The van der Waals surface area contributed by atoms with Gasteiger partial charge < -0.3 is 20.9 Å². The van der Waals surface area contributed by atoms with Gasteiger partial charge in [-0.3, -0.25) is 0 Å². The molecule has 0 radical (unpaired) electrons. The molecule has 0 aliphatic carbocycles. The van der Waals surface area contributed by atoms with Crippen molar-refractivity contribution in [3.05, 3.63) is 29.8 Å². The summed E-state index contributed by atoms with van der Waals surface area (Å²) in [7, 11) is 1.67. The minimum atomic E-state index is -0.0654. The maximum Gasteiger partial charge on any atom is 0.211 e. The molecule has 0 heterocycles. The van der Waals surface area contributed by atoms with Gasteiger partial charge in [0.05, 0.1) is 12.8 Å². The van der Waals surface area contributed by atoms with Crippen LogP contribution in [-0.4, -0.2) is 32.5 Å². The summed E-state index contributed by atoms with van der Waals surface area (Å²) in [6, 6.07) is 7.47. The first-order valence-corrected chi connectivity index (χ1v) is 5.56. The Balaban J connectivity index is 2.42. The highest BCUT2D eigenvalue weighted by Gasteiger charge is 1.94. The Morgan fingerprint density at radius 3 is 2.56 bits per heavy atom. The zero-order valence-corrected chi connectivity index (χ0v) is 10.4. The van der Waals surface area contributed by atoms with Crippen molar-refractivity contribution in [2.75, 3.05) is 20.3 Å². The van der Waals surface area contributed by atoms with E-state index in [1.54, 1.807) is 13.3 Å². The molecule has 0 saturated carbocycles. The molecule has 1 aromatic rings. The second kappa shape index (κ2) is 8.08. The van der Waals surface area contributed by atoms with Gasteiger partial charge in [0.15, 0.2) is 0 Å². The van der Waals surface area contributed by atoms with Gasteiger partial charge in [0, 0.05) is 20.1 Å². The zero-order valence-electron chi connectivity index (χ0n) is 10.4. The normalized spacial score (nSPS) is 10.5. The number of hydrogen-bond acceptors (Lipinski definition) is 4. The van der Waals surface area contributed by atoms with Crippen molar-refractivity contribution < 1.29 is 9.47 Å². The Labute approximate surface area is 106 Å². The lowest BCUT2D eigenvalue weighted by Crippen LogP contribution is -2.21. The lowest BCUT2D eigenvalue weighted by atomic mass is 10.2. The molecule has 0 atom stereocenters. The second-order valence-electron chi connectivity index (χ2n) is 3.53. The highest BCUT2D eigenvalue weighted by atomic mass is 16.5. The Kier molecular flexibility index (Phi) is 6.27. The van der Waals surface area contributed by atoms with Crippen LogP contribution in [0.15, 0.2) is 34.5 Å². The van der Waals surface area contributed by atoms with Crippen molar-refractivity contribution in [1.82, 2.24) is 0 Å². The molecule has 98 valence electrons. The smallest absolute Gasteiger partial charge is 0.211 e. The van der Waals surface area contributed by atoms with E-state index in [2.05, 4.69) is 10.2 Å². The molecule has 1 aromatic carbocycles. The van der Waals surface area contributed by atoms with Crippen molar-refractivity contribution in [3.8, 4) is 5.75 Å². The molecule has 0 aliphatic rings. The molecule has 1 rings (SSSR count). The van der Waals surface area contributed by atoms with E-state index in [1.807, 2.05) is 24.3 Å². The number of ether oxygens (including phenoxy) is 2. The highest BCUT2D eigenvalue weighted by Crippen LogP contribution is 2.11. The third kappa shape index (κ3) is 5.86. The summed E-state index contributed by atoms with van der Waals surface area (Å²) >= 11 is 0. The molecule has 6 nitrogen and oxygen atoms in total. The second-order valence-corrected chi connectivity index (χ2v) is 3.53. The maximum absolute atomic E-state index is 5.51. The van der Waals surface area contributed by atoms with E-state index in [9.17, 15) is 0 Å². The summed E-state index contributed by atoms with van der Waals surface area (Å²) in [4.78, 5) is 0. The summed E-state index contributed by atoms with van der Waals surface area (Å²) in [6.07, 6.45) is 2.43. The van der Waals surface area contributed by atoms with Crippen LogP contribution in [0.25, 0.3) is 0 Å². The van der Waals surface area contributed by atoms with Crippen LogP contribution in [-0.2, 0) is 4.74 Å². The van der Waals surface area contributed by atoms with E-state index in [0.29, 0.717) is 13.2 Å². The van der Waals surface area contributed by atoms with Gasteiger partial charge in [-0.2, -0.15) is 5.10 Å². The molecule has 0 amide bonds. The van der Waals surface area contributed by atoms with Crippen LogP contribution in [0.2, 0.25) is 0 Å². The minimum absolute atomic E-state index is 0.0654. The van der Waals surface area contributed by atoms with Crippen molar-refractivity contribution >= 4 is 12.2 Å². The third-order valence-electron chi connectivity index (χ3n) is 2.02. The topological polar surface area (TPSA) is 95.2 Å². The van der Waals surface area contributed by atoms with E-state index < -0.39 is 0 Å². The summed E-state index contributed by atoms with van der Waals surface area (Å²) in [5.41, 5.74) is 11.2. The molecule has 18 heavy (non-hydrogen) atoms. The number of benzene rings is 1. The fourth-order valence-corrected chi connectivity index (χ4v) is 1.21.